The number of nitrogens with zero attached hydrogens (tertiary/aromatic N) is 1. The summed E-state index contributed by atoms with van der Waals surface area (Å²) in [7, 11) is 0. The molecule has 3 atom stereocenters. The number of carbonyl (C=O) groups excluding carboxylic acids is 2. The van der Waals surface area contributed by atoms with Crippen LogP contribution in [-0.4, -0.2) is 22.7 Å². The lowest BCUT2D eigenvalue weighted by Crippen LogP contribution is -2.35. The molecule has 0 saturated heterocycles. The lowest BCUT2D eigenvalue weighted by molar-refractivity contribution is -0.136. The van der Waals surface area contributed by atoms with E-state index in [9.17, 15) is 9.59 Å². The van der Waals surface area contributed by atoms with Gasteiger partial charge in [0.05, 0.1) is 16.8 Å². The Morgan fingerprint density at radius 3 is 2.46 bits per heavy atom. The zero-order chi connectivity index (χ0) is 20.0. The van der Waals surface area contributed by atoms with E-state index in [4.69, 9.17) is 21.3 Å². The lowest BCUT2D eigenvalue weighted by atomic mass is 9.77. The fourth-order valence-electron chi connectivity index (χ4n) is 4.33. The van der Waals surface area contributed by atoms with Crippen LogP contribution in [0.5, 0.6) is 5.75 Å². The molecule has 1 heterocycles. The Hall–Kier alpha value is -1.72. The minimum atomic E-state index is -0.676. The molecule has 2 saturated carbocycles. The summed E-state index contributed by atoms with van der Waals surface area (Å²) in [6, 6.07) is 5.62. The Balaban J connectivity index is 1.70. The van der Waals surface area contributed by atoms with Crippen molar-refractivity contribution in [2.45, 2.75) is 58.5 Å². The van der Waals surface area contributed by atoms with Gasteiger partial charge < -0.3 is 4.74 Å². The second-order valence-corrected chi connectivity index (χ2v) is 9.43. The van der Waals surface area contributed by atoms with E-state index in [1.165, 1.54) is 0 Å². The number of fused-ring (bicyclic) bond motifs is 2. The molecule has 1 aromatic heterocycles. The maximum absolute atomic E-state index is 12.9. The van der Waals surface area contributed by atoms with Crippen molar-refractivity contribution in [3.63, 3.8) is 0 Å². The van der Waals surface area contributed by atoms with Crippen molar-refractivity contribution < 1.29 is 14.3 Å². The van der Waals surface area contributed by atoms with E-state index in [1.54, 1.807) is 11.3 Å². The standard InChI is InChI=1S/C22H24ClNO3S/c1-4-17-19(18-20(25)12-5-6-13(9-12)21(18)26)24-22(28-17)14-7-8-16(15(23)10-14)27-11(2)3/h7-8,10-13,18H,4-6,9H2,1-3H3/t12-,13+,18?. The van der Waals surface area contributed by atoms with Crippen LogP contribution >= 0.6 is 22.9 Å². The third kappa shape index (κ3) is 3.39. The second kappa shape index (κ2) is 7.60. The van der Waals surface area contributed by atoms with Crippen LogP contribution < -0.4 is 4.74 Å². The molecule has 2 aromatic rings. The molecule has 4 nitrogen and oxygen atoms in total. The van der Waals surface area contributed by atoms with E-state index in [0.717, 1.165) is 41.1 Å². The molecular formula is C22H24ClNO3S. The minimum absolute atomic E-state index is 0.0319. The molecule has 2 bridgehead atoms. The second-order valence-electron chi connectivity index (χ2n) is 7.94. The largest absolute Gasteiger partial charge is 0.489 e. The molecular weight excluding hydrogens is 394 g/mol. The predicted molar refractivity (Wildman–Crippen MR) is 111 cm³/mol. The van der Waals surface area contributed by atoms with Gasteiger partial charge in [0.25, 0.3) is 0 Å². The number of halogens is 1. The molecule has 2 aliphatic rings. The maximum atomic E-state index is 12.9. The summed E-state index contributed by atoms with van der Waals surface area (Å²) >= 11 is 7.94. The fraction of sp³-hybridized carbons (Fsp3) is 0.500. The normalized spacial score (nSPS) is 24.2. The number of thiazole rings is 1. The van der Waals surface area contributed by atoms with Crippen molar-refractivity contribution in [3.05, 3.63) is 33.8 Å². The first-order chi connectivity index (χ1) is 13.4. The summed E-state index contributed by atoms with van der Waals surface area (Å²) in [5.74, 6) is 0.175. The van der Waals surface area contributed by atoms with E-state index in [0.29, 0.717) is 16.5 Å². The Kier molecular flexibility index (Phi) is 5.32. The average molecular weight is 418 g/mol. The van der Waals surface area contributed by atoms with E-state index in [2.05, 4.69) is 0 Å². The Morgan fingerprint density at radius 2 is 1.89 bits per heavy atom. The van der Waals surface area contributed by atoms with Gasteiger partial charge in [-0.3, -0.25) is 9.59 Å². The number of aromatic nitrogens is 1. The Morgan fingerprint density at radius 1 is 1.21 bits per heavy atom. The highest BCUT2D eigenvalue weighted by atomic mass is 35.5. The zero-order valence-corrected chi connectivity index (χ0v) is 17.9. The topological polar surface area (TPSA) is 56.3 Å². The molecule has 0 aliphatic heterocycles. The number of aryl methyl sites for hydroxylation is 1. The number of hydrogen-bond acceptors (Lipinski definition) is 5. The number of rotatable bonds is 5. The quantitative estimate of drug-likeness (QED) is 0.605. The molecule has 148 valence electrons. The number of hydrogen-bond donors (Lipinski definition) is 0. The highest BCUT2D eigenvalue weighted by molar-refractivity contribution is 7.15. The van der Waals surface area contributed by atoms with Crippen LogP contribution in [-0.2, 0) is 16.0 Å². The van der Waals surface area contributed by atoms with Gasteiger partial charge in [-0.15, -0.1) is 11.3 Å². The average Bonchev–Trinajstić information content (AvgIpc) is 3.28. The van der Waals surface area contributed by atoms with Crippen molar-refractivity contribution in [2.75, 3.05) is 0 Å². The summed E-state index contributed by atoms with van der Waals surface area (Å²) in [6.45, 7) is 5.95. The molecule has 0 radical (unpaired) electrons. The minimum Gasteiger partial charge on any atom is -0.489 e. The van der Waals surface area contributed by atoms with Crippen LogP contribution in [0, 0.1) is 11.8 Å². The predicted octanol–water partition coefficient (Wildman–Crippen LogP) is 5.46. The van der Waals surface area contributed by atoms with Gasteiger partial charge in [-0.25, -0.2) is 4.98 Å². The highest BCUT2D eigenvalue weighted by Crippen LogP contribution is 2.46. The van der Waals surface area contributed by atoms with Crippen LogP contribution in [0.2, 0.25) is 5.02 Å². The Labute approximate surface area is 174 Å². The third-order valence-corrected chi connectivity index (χ3v) is 7.23. The van der Waals surface area contributed by atoms with Crippen LogP contribution in [0.1, 0.15) is 56.5 Å². The number of benzene rings is 1. The van der Waals surface area contributed by atoms with Gasteiger partial charge in [-0.2, -0.15) is 0 Å². The van der Waals surface area contributed by atoms with Crippen molar-refractivity contribution in [1.82, 2.24) is 4.98 Å². The number of ether oxygens (including phenoxy) is 1. The van der Waals surface area contributed by atoms with E-state index >= 15 is 0 Å². The van der Waals surface area contributed by atoms with Crippen molar-refractivity contribution in [1.29, 1.82) is 0 Å². The van der Waals surface area contributed by atoms with Crippen LogP contribution in [0.15, 0.2) is 18.2 Å². The van der Waals surface area contributed by atoms with Gasteiger partial charge in [-0.05, 0) is 57.7 Å². The van der Waals surface area contributed by atoms with E-state index in [-0.39, 0.29) is 29.5 Å². The Bertz CT molecular complexity index is 914. The summed E-state index contributed by atoms with van der Waals surface area (Å²) in [6.07, 6.45) is 3.22. The number of Topliss-reactive ketones (excluding diaryl/α,β-unsaturated/α-hetero) is 2. The summed E-state index contributed by atoms with van der Waals surface area (Å²) in [4.78, 5) is 31.6. The molecule has 2 aliphatic carbocycles. The van der Waals surface area contributed by atoms with Gasteiger partial charge in [0.15, 0.2) is 11.6 Å². The molecule has 0 N–H and O–H groups in total. The third-order valence-electron chi connectivity index (χ3n) is 5.67. The number of ketones is 2. The number of carbonyl (C=O) groups is 2. The molecule has 0 spiro atoms. The van der Waals surface area contributed by atoms with Gasteiger partial charge in [0.2, 0.25) is 0 Å². The summed E-state index contributed by atoms with van der Waals surface area (Å²) < 4.78 is 5.70. The SMILES string of the molecule is CCc1sc(-c2ccc(OC(C)C)c(Cl)c2)nc1C1C(=O)[C@@H]2CC[C@@H](C2)C1=O. The van der Waals surface area contributed by atoms with Crippen LogP contribution in [0.3, 0.4) is 0 Å². The van der Waals surface area contributed by atoms with Crippen molar-refractivity contribution in [2.24, 2.45) is 11.8 Å². The summed E-state index contributed by atoms with van der Waals surface area (Å²) in [5, 5.41) is 1.33. The highest BCUT2D eigenvalue weighted by Gasteiger charge is 2.48. The van der Waals surface area contributed by atoms with E-state index in [1.807, 2.05) is 39.0 Å². The smallest absolute Gasteiger partial charge is 0.152 e. The fourth-order valence-corrected chi connectivity index (χ4v) is 5.59. The van der Waals surface area contributed by atoms with Gasteiger partial charge in [-0.1, -0.05) is 18.5 Å². The van der Waals surface area contributed by atoms with Crippen LogP contribution in [0.4, 0.5) is 0 Å². The van der Waals surface area contributed by atoms with Gasteiger partial charge in [0, 0.05) is 22.3 Å². The van der Waals surface area contributed by atoms with E-state index < -0.39 is 5.92 Å². The molecule has 2 fully saturated rings. The summed E-state index contributed by atoms with van der Waals surface area (Å²) in [5.41, 5.74) is 1.55. The molecule has 28 heavy (non-hydrogen) atoms. The first-order valence-electron chi connectivity index (χ1n) is 9.92. The molecule has 0 amide bonds. The molecule has 6 heteroatoms. The molecule has 1 unspecified atom stereocenters. The lowest BCUT2D eigenvalue weighted by Gasteiger charge is -2.24. The van der Waals surface area contributed by atoms with Gasteiger partial charge >= 0.3 is 0 Å². The van der Waals surface area contributed by atoms with Crippen molar-refractivity contribution >= 4 is 34.5 Å². The molecule has 4 rings (SSSR count). The monoisotopic (exact) mass is 417 g/mol. The van der Waals surface area contributed by atoms with Gasteiger partial charge in [0.1, 0.15) is 16.7 Å². The first kappa shape index (κ1) is 19.6. The first-order valence-corrected chi connectivity index (χ1v) is 11.1. The molecule has 1 aromatic carbocycles. The van der Waals surface area contributed by atoms with Crippen molar-refractivity contribution in [3.8, 4) is 16.3 Å². The maximum Gasteiger partial charge on any atom is 0.152 e. The van der Waals surface area contributed by atoms with Crippen LogP contribution in [0.25, 0.3) is 10.6 Å². The zero-order valence-electron chi connectivity index (χ0n) is 16.3.